The van der Waals surface area contributed by atoms with Gasteiger partial charge in [-0.15, -0.1) is 0 Å². The second-order valence-electron chi connectivity index (χ2n) is 10.3. The fraction of sp³-hybridized carbons (Fsp3) is 0.355. The lowest BCUT2D eigenvalue weighted by atomic mass is 9.87. The van der Waals surface area contributed by atoms with Crippen LogP contribution in [0.15, 0.2) is 72.8 Å². The van der Waals surface area contributed by atoms with Gasteiger partial charge in [0.15, 0.2) is 6.61 Å². The Morgan fingerprint density at radius 3 is 2.13 bits per heavy atom. The van der Waals surface area contributed by atoms with Crippen molar-refractivity contribution in [1.29, 1.82) is 0 Å². The summed E-state index contributed by atoms with van der Waals surface area (Å²) in [5.74, 6) is 0.00680. The third-order valence-corrected chi connectivity index (χ3v) is 7.00. The number of nitrogens with one attached hydrogen (secondary N) is 1. The quantitative estimate of drug-likeness (QED) is 0.282. The second-order valence-corrected chi connectivity index (χ2v) is 11.1. The minimum absolute atomic E-state index is 0.00980. The Balaban J connectivity index is 1.91. The Labute approximate surface area is 236 Å². The number of rotatable bonds is 11. The maximum Gasteiger partial charge on any atom is 0.261 e. The average Bonchev–Trinajstić information content (AvgIpc) is 2.89. The molecule has 0 radical (unpaired) electrons. The number of carbonyl (C=O) groups is 2. The molecule has 202 valence electrons. The van der Waals surface area contributed by atoms with E-state index >= 15 is 0 Å². The van der Waals surface area contributed by atoms with Crippen LogP contribution in [-0.4, -0.2) is 35.9 Å². The van der Waals surface area contributed by atoms with E-state index in [9.17, 15) is 9.59 Å². The molecule has 0 aromatic heterocycles. The minimum atomic E-state index is -0.782. The topological polar surface area (TPSA) is 58.6 Å². The molecule has 0 fully saturated rings. The molecule has 0 aliphatic heterocycles. The van der Waals surface area contributed by atoms with Crippen LogP contribution >= 0.6 is 23.2 Å². The zero-order chi connectivity index (χ0) is 27.7. The number of halogens is 2. The summed E-state index contributed by atoms with van der Waals surface area (Å²) >= 11 is 13.0. The molecule has 3 rings (SSSR count). The molecule has 0 aliphatic rings. The molecule has 0 heterocycles. The van der Waals surface area contributed by atoms with Crippen molar-refractivity contribution in [2.45, 2.75) is 58.5 Å². The van der Waals surface area contributed by atoms with Gasteiger partial charge in [-0.3, -0.25) is 9.59 Å². The molecule has 3 aromatic rings. The van der Waals surface area contributed by atoms with Crippen LogP contribution in [0, 0.1) is 0 Å². The summed E-state index contributed by atoms with van der Waals surface area (Å²) in [5, 5.41) is 3.82. The number of ether oxygens (including phenoxy) is 1. The van der Waals surface area contributed by atoms with E-state index in [1.165, 1.54) is 10.5 Å². The summed E-state index contributed by atoms with van der Waals surface area (Å²) in [5.41, 5.74) is 2.70. The van der Waals surface area contributed by atoms with Gasteiger partial charge < -0.3 is 15.0 Å². The van der Waals surface area contributed by atoms with Crippen LogP contribution in [0.4, 0.5) is 0 Å². The monoisotopic (exact) mass is 554 g/mol. The molecule has 3 aromatic carbocycles. The smallest absolute Gasteiger partial charge is 0.261 e. The Bertz CT molecular complexity index is 1190. The number of hydrogen-bond acceptors (Lipinski definition) is 3. The SMILES string of the molecule is CCCNC(=O)[C@@H](Cc1ccccc1)N(Cc1c(Cl)cccc1Cl)C(=O)COc1ccc(C(C)(C)C)cc1. The first-order chi connectivity index (χ1) is 18.1. The van der Waals surface area contributed by atoms with Crippen LogP contribution in [0.5, 0.6) is 5.75 Å². The molecular formula is C31H36Cl2N2O3. The predicted octanol–water partition coefficient (Wildman–Crippen LogP) is 6.84. The summed E-state index contributed by atoms with van der Waals surface area (Å²) in [4.78, 5) is 28.6. The highest BCUT2D eigenvalue weighted by atomic mass is 35.5. The molecule has 0 bridgehead atoms. The number of hydrogen-bond donors (Lipinski definition) is 1. The zero-order valence-electron chi connectivity index (χ0n) is 22.5. The maximum atomic E-state index is 13.7. The van der Waals surface area contributed by atoms with Gasteiger partial charge in [0.05, 0.1) is 0 Å². The van der Waals surface area contributed by atoms with Crippen molar-refractivity contribution >= 4 is 35.0 Å². The van der Waals surface area contributed by atoms with Crippen molar-refractivity contribution in [1.82, 2.24) is 10.2 Å². The molecule has 0 unspecified atom stereocenters. The fourth-order valence-corrected chi connectivity index (χ4v) is 4.57. The lowest BCUT2D eigenvalue weighted by Crippen LogP contribution is -2.51. The van der Waals surface area contributed by atoms with E-state index in [0.717, 1.165) is 12.0 Å². The summed E-state index contributed by atoms with van der Waals surface area (Å²) in [6.45, 7) is 8.75. The lowest BCUT2D eigenvalue weighted by Gasteiger charge is -2.32. The summed E-state index contributed by atoms with van der Waals surface area (Å²) in [6, 6.07) is 21.8. The van der Waals surface area contributed by atoms with Crippen LogP contribution in [0.2, 0.25) is 10.0 Å². The first-order valence-electron chi connectivity index (χ1n) is 12.9. The molecular weight excluding hydrogens is 519 g/mol. The van der Waals surface area contributed by atoms with Gasteiger partial charge in [-0.25, -0.2) is 0 Å². The van der Waals surface area contributed by atoms with Gasteiger partial charge >= 0.3 is 0 Å². The molecule has 7 heteroatoms. The lowest BCUT2D eigenvalue weighted by molar-refractivity contribution is -0.142. The van der Waals surface area contributed by atoms with Crippen LogP contribution in [0.25, 0.3) is 0 Å². The molecule has 1 atom stereocenters. The Morgan fingerprint density at radius 1 is 0.921 bits per heavy atom. The summed E-state index contributed by atoms with van der Waals surface area (Å²) in [7, 11) is 0. The van der Waals surface area contributed by atoms with Crippen LogP contribution in [-0.2, 0) is 28.0 Å². The van der Waals surface area contributed by atoms with E-state index in [4.69, 9.17) is 27.9 Å². The molecule has 38 heavy (non-hydrogen) atoms. The van der Waals surface area contributed by atoms with Gasteiger partial charge in [-0.05, 0) is 47.2 Å². The number of nitrogens with zero attached hydrogens (tertiary/aromatic N) is 1. The summed E-state index contributed by atoms with van der Waals surface area (Å²) < 4.78 is 5.89. The summed E-state index contributed by atoms with van der Waals surface area (Å²) in [6.07, 6.45) is 1.12. The third-order valence-electron chi connectivity index (χ3n) is 6.29. The molecule has 2 amide bonds. The van der Waals surface area contributed by atoms with Crippen LogP contribution in [0.1, 0.15) is 50.8 Å². The first kappa shape index (κ1) is 29.5. The largest absolute Gasteiger partial charge is 0.484 e. The van der Waals surface area contributed by atoms with E-state index < -0.39 is 6.04 Å². The normalized spacial score (nSPS) is 12.1. The van der Waals surface area contributed by atoms with E-state index in [1.54, 1.807) is 18.2 Å². The highest BCUT2D eigenvalue weighted by Crippen LogP contribution is 2.28. The van der Waals surface area contributed by atoms with Crippen molar-refractivity contribution < 1.29 is 14.3 Å². The average molecular weight is 556 g/mol. The highest BCUT2D eigenvalue weighted by molar-refractivity contribution is 6.36. The van der Waals surface area contributed by atoms with E-state index in [1.807, 2.05) is 61.5 Å². The fourth-order valence-electron chi connectivity index (χ4n) is 4.05. The molecule has 5 nitrogen and oxygen atoms in total. The van der Waals surface area contributed by atoms with E-state index in [-0.39, 0.29) is 30.4 Å². The number of amides is 2. The number of benzene rings is 3. The van der Waals surface area contributed by atoms with Gasteiger partial charge in [-0.1, -0.05) is 99.4 Å². The van der Waals surface area contributed by atoms with Crippen molar-refractivity contribution in [2.75, 3.05) is 13.2 Å². The van der Waals surface area contributed by atoms with Crippen molar-refractivity contribution in [3.63, 3.8) is 0 Å². The molecule has 0 saturated carbocycles. The van der Waals surface area contributed by atoms with Crippen LogP contribution < -0.4 is 10.1 Å². The van der Waals surface area contributed by atoms with Crippen LogP contribution in [0.3, 0.4) is 0 Å². The van der Waals surface area contributed by atoms with Crippen molar-refractivity contribution in [3.8, 4) is 5.75 Å². The Hall–Kier alpha value is -3.02. The van der Waals surface area contributed by atoms with Gasteiger partial charge in [-0.2, -0.15) is 0 Å². The maximum absolute atomic E-state index is 13.7. The van der Waals surface area contributed by atoms with E-state index in [0.29, 0.717) is 34.3 Å². The molecule has 0 aliphatic carbocycles. The Kier molecular flexibility index (Phi) is 10.6. The predicted molar refractivity (Wildman–Crippen MR) is 155 cm³/mol. The highest BCUT2D eigenvalue weighted by Gasteiger charge is 2.31. The van der Waals surface area contributed by atoms with Gasteiger partial charge in [0.1, 0.15) is 11.8 Å². The second kappa shape index (κ2) is 13.7. The van der Waals surface area contributed by atoms with Crippen molar-refractivity contribution in [3.05, 3.63) is 99.5 Å². The van der Waals surface area contributed by atoms with Gasteiger partial charge in [0.25, 0.3) is 5.91 Å². The zero-order valence-corrected chi connectivity index (χ0v) is 24.0. The first-order valence-corrected chi connectivity index (χ1v) is 13.6. The van der Waals surface area contributed by atoms with Gasteiger partial charge in [0.2, 0.25) is 5.91 Å². The molecule has 0 spiro atoms. The number of carbonyl (C=O) groups excluding carboxylic acids is 2. The van der Waals surface area contributed by atoms with E-state index in [2.05, 4.69) is 26.1 Å². The molecule has 0 saturated heterocycles. The third kappa shape index (κ3) is 8.24. The van der Waals surface area contributed by atoms with Gasteiger partial charge in [0, 0.05) is 35.1 Å². The standard InChI is InChI=1S/C31H36Cl2N2O3/c1-5-18-34-30(37)28(19-22-10-7-6-8-11-22)35(20-25-26(32)12-9-13-27(25)33)29(36)21-38-24-16-14-23(15-17-24)31(2,3)4/h6-17,28H,5,18-21H2,1-4H3,(H,34,37)/t28-/m1/s1. The Morgan fingerprint density at radius 2 is 1.55 bits per heavy atom. The molecule has 1 N–H and O–H groups in total. The minimum Gasteiger partial charge on any atom is -0.484 e. The van der Waals surface area contributed by atoms with Crippen molar-refractivity contribution in [2.24, 2.45) is 0 Å².